The van der Waals surface area contributed by atoms with Gasteiger partial charge in [0, 0.05) is 19.7 Å². The first-order valence-electron chi connectivity index (χ1n) is 6.34. The van der Waals surface area contributed by atoms with Crippen molar-refractivity contribution in [3.63, 3.8) is 0 Å². The molecule has 1 aliphatic rings. The molecule has 0 aliphatic carbocycles. The van der Waals surface area contributed by atoms with Crippen LogP contribution in [0.15, 0.2) is 23.1 Å². The Hall–Kier alpha value is -0.950. The number of hydrogen-bond acceptors (Lipinski definition) is 4. The third-order valence-corrected chi connectivity index (χ3v) is 5.20. The fourth-order valence-electron chi connectivity index (χ4n) is 2.09. The molecular weight excluding hydrogens is 266 g/mol. The summed E-state index contributed by atoms with van der Waals surface area (Å²) in [6.07, 6.45) is 0.706. The SMILES string of the molecule is Cc1ccc(S(=O)(=O)N2CCCOCC2)cc1CO. The van der Waals surface area contributed by atoms with Crippen molar-refractivity contribution in [2.24, 2.45) is 0 Å². The van der Waals surface area contributed by atoms with Gasteiger partial charge in [-0.25, -0.2) is 8.42 Å². The van der Waals surface area contributed by atoms with Gasteiger partial charge >= 0.3 is 0 Å². The molecule has 1 aromatic carbocycles. The monoisotopic (exact) mass is 285 g/mol. The highest BCUT2D eigenvalue weighted by atomic mass is 32.2. The summed E-state index contributed by atoms with van der Waals surface area (Å²) in [5, 5.41) is 9.24. The number of nitrogens with zero attached hydrogens (tertiary/aromatic N) is 1. The van der Waals surface area contributed by atoms with Gasteiger partial charge in [0.25, 0.3) is 0 Å². The summed E-state index contributed by atoms with van der Waals surface area (Å²) in [5.41, 5.74) is 1.53. The number of rotatable bonds is 3. The average Bonchev–Trinajstić information content (AvgIpc) is 2.68. The van der Waals surface area contributed by atoms with Crippen molar-refractivity contribution < 1.29 is 18.3 Å². The Morgan fingerprint density at radius 3 is 2.84 bits per heavy atom. The number of aliphatic hydroxyl groups is 1. The second-order valence-electron chi connectivity index (χ2n) is 4.62. The van der Waals surface area contributed by atoms with Crippen LogP contribution in [0.2, 0.25) is 0 Å². The Labute approximate surface area is 113 Å². The summed E-state index contributed by atoms with van der Waals surface area (Å²) < 4.78 is 31.7. The minimum absolute atomic E-state index is 0.154. The second-order valence-corrected chi connectivity index (χ2v) is 6.55. The highest BCUT2D eigenvalue weighted by molar-refractivity contribution is 7.89. The van der Waals surface area contributed by atoms with Crippen molar-refractivity contribution in [2.45, 2.75) is 24.8 Å². The van der Waals surface area contributed by atoms with E-state index in [1.54, 1.807) is 18.2 Å². The Bertz CT molecular complexity index is 534. The van der Waals surface area contributed by atoms with Crippen LogP contribution in [-0.4, -0.2) is 44.1 Å². The Morgan fingerprint density at radius 1 is 1.32 bits per heavy atom. The lowest BCUT2D eigenvalue weighted by Crippen LogP contribution is -2.33. The van der Waals surface area contributed by atoms with Gasteiger partial charge in [0.15, 0.2) is 0 Å². The van der Waals surface area contributed by atoms with Gasteiger partial charge in [-0.15, -0.1) is 0 Å². The van der Waals surface area contributed by atoms with Crippen LogP contribution in [0.1, 0.15) is 17.5 Å². The predicted molar refractivity (Wildman–Crippen MR) is 71.3 cm³/mol. The molecule has 6 heteroatoms. The smallest absolute Gasteiger partial charge is 0.243 e. The van der Waals surface area contributed by atoms with Crippen LogP contribution in [0, 0.1) is 6.92 Å². The van der Waals surface area contributed by atoms with Gasteiger partial charge in [-0.2, -0.15) is 4.31 Å². The second kappa shape index (κ2) is 6.00. The van der Waals surface area contributed by atoms with Crippen LogP contribution in [-0.2, 0) is 21.4 Å². The lowest BCUT2D eigenvalue weighted by Gasteiger charge is -2.20. The van der Waals surface area contributed by atoms with Crippen molar-refractivity contribution in [1.29, 1.82) is 0 Å². The maximum Gasteiger partial charge on any atom is 0.243 e. The van der Waals surface area contributed by atoms with Crippen molar-refractivity contribution >= 4 is 10.0 Å². The van der Waals surface area contributed by atoms with E-state index in [0.29, 0.717) is 38.3 Å². The molecule has 0 aromatic heterocycles. The summed E-state index contributed by atoms with van der Waals surface area (Å²) in [6, 6.07) is 4.87. The van der Waals surface area contributed by atoms with Crippen LogP contribution in [0.3, 0.4) is 0 Å². The zero-order valence-corrected chi connectivity index (χ0v) is 11.8. The average molecular weight is 285 g/mol. The molecule has 0 saturated carbocycles. The summed E-state index contributed by atoms with van der Waals surface area (Å²) >= 11 is 0. The molecule has 0 spiro atoms. The van der Waals surface area contributed by atoms with Crippen LogP contribution >= 0.6 is 0 Å². The van der Waals surface area contributed by atoms with Crippen LogP contribution in [0.5, 0.6) is 0 Å². The highest BCUT2D eigenvalue weighted by Crippen LogP contribution is 2.20. The summed E-state index contributed by atoms with van der Waals surface area (Å²) in [6.45, 7) is 3.58. The van der Waals surface area contributed by atoms with Crippen LogP contribution in [0.25, 0.3) is 0 Å². The van der Waals surface area contributed by atoms with E-state index in [1.807, 2.05) is 6.92 Å². The molecule has 19 heavy (non-hydrogen) atoms. The van der Waals surface area contributed by atoms with Gasteiger partial charge in [-0.05, 0) is 36.6 Å². The van der Waals surface area contributed by atoms with Crippen LogP contribution < -0.4 is 0 Å². The Morgan fingerprint density at radius 2 is 2.11 bits per heavy atom. The first kappa shape index (κ1) is 14.5. The molecular formula is C13H19NO4S. The fourth-order valence-corrected chi connectivity index (χ4v) is 3.60. The molecule has 1 fully saturated rings. The lowest BCUT2D eigenvalue weighted by molar-refractivity contribution is 0.148. The van der Waals surface area contributed by atoms with E-state index in [1.165, 1.54) is 4.31 Å². The molecule has 1 N–H and O–H groups in total. The van der Waals surface area contributed by atoms with E-state index < -0.39 is 10.0 Å². The van der Waals surface area contributed by atoms with E-state index in [2.05, 4.69) is 0 Å². The first-order chi connectivity index (χ1) is 9.05. The number of hydrogen-bond donors (Lipinski definition) is 1. The van der Waals surface area contributed by atoms with E-state index in [-0.39, 0.29) is 11.5 Å². The molecule has 0 bridgehead atoms. The topological polar surface area (TPSA) is 66.8 Å². The van der Waals surface area contributed by atoms with E-state index in [0.717, 1.165) is 5.56 Å². The molecule has 5 nitrogen and oxygen atoms in total. The molecule has 0 radical (unpaired) electrons. The van der Waals surface area contributed by atoms with Gasteiger partial charge in [0.2, 0.25) is 10.0 Å². The minimum atomic E-state index is -3.49. The van der Waals surface area contributed by atoms with Gasteiger partial charge < -0.3 is 9.84 Å². The Kier molecular flexibility index (Phi) is 4.57. The molecule has 0 atom stereocenters. The van der Waals surface area contributed by atoms with Crippen molar-refractivity contribution in [1.82, 2.24) is 4.31 Å². The quantitative estimate of drug-likeness (QED) is 0.896. The van der Waals surface area contributed by atoms with Gasteiger partial charge in [-0.1, -0.05) is 6.07 Å². The molecule has 1 aromatic rings. The highest BCUT2D eigenvalue weighted by Gasteiger charge is 2.25. The fraction of sp³-hybridized carbons (Fsp3) is 0.538. The predicted octanol–water partition coefficient (Wildman–Crippen LogP) is 0.898. The van der Waals surface area contributed by atoms with E-state index in [4.69, 9.17) is 4.74 Å². The molecule has 1 heterocycles. The molecule has 1 saturated heterocycles. The third-order valence-electron chi connectivity index (χ3n) is 3.31. The first-order valence-corrected chi connectivity index (χ1v) is 7.78. The molecule has 106 valence electrons. The standard InChI is InChI=1S/C13H19NO4S/c1-11-3-4-13(9-12(11)10-15)19(16,17)14-5-2-7-18-8-6-14/h3-4,9,15H,2,5-8,10H2,1H3. The zero-order valence-electron chi connectivity index (χ0n) is 11.0. The van der Waals surface area contributed by atoms with Gasteiger partial charge in [0.1, 0.15) is 0 Å². The minimum Gasteiger partial charge on any atom is -0.392 e. The summed E-state index contributed by atoms with van der Waals surface area (Å²) in [7, 11) is -3.49. The van der Waals surface area contributed by atoms with Crippen molar-refractivity contribution in [3.8, 4) is 0 Å². The maximum atomic E-state index is 12.5. The lowest BCUT2D eigenvalue weighted by atomic mass is 10.1. The molecule has 1 aliphatic heterocycles. The largest absolute Gasteiger partial charge is 0.392 e. The van der Waals surface area contributed by atoms with E-state index >= 15 is 0 Å². The Balaban J connectivity index is 2.32. The van der Waals surface area contributed by atoms with Crippen molar-refractivity contribution in [2.75, 3.05) is 26.3 Å². The van der Waals surface area contributed by atoms with E-state index in [9.17, 15) is 13.5 Å². The van der Waals surface area contributed by atoms with Gasteiger partial charge in [-0.3, -0.25) is 0 Å². The maximum absolute atomic E-state index is 12.5. The third kappa shape index (κ3) is 3.14. The molecule has 0 amide bonds. The van der Waals surface area contributed by atoms with Crippen molar-refractivity contribution in [3.05, 3.63) is 29.3 Å². The normalized spacial score (nSPS) is 18.2. The number of aliphatic hydroxyl groups excluding tert-OH is 1. The number of benzene rings is 1. The molecule has 2 rings (SSSR count). The number of sulfonamides is 1. The van der Waals surface area contributed by atoms with Gasteiger partial charge in [0.05, 0.1) is 18.1 Å². The zero-order chi connectivity index (χ0) is 13.9. The van der Waals surface area contributed by atoms with Crippen LogP contribution in [0.4, 0.5) is 0 Å². The number of ether oxygens (including phenoxy) is 1. The summed E-state index contributed by atoms with van der Waals surface area (Å²) in [5.74, 6) is 0. The number of aryl methyl sites for hydroxylation is 1. The summed E-state index contributed by atoms with van der Waals surface area (Å²) in [4.78, 5) is 0.240. The molecule has 0 unspecified atom stereocenters.